The van der Waals surface area contributed by atoms with Gasteiger partial charge in [-0.2, -0.15) is 5.10 Å². The SMILES string of the molecule is Cc1cc(OCCCc2c3n(c4c(-c5c(C)nn(C)c5C)c(Cl)ccc24)C(C)CN(c2cccc4cc(C(=O)O)n(CC5CCCO5)c24)C3=O)cc(C)c1Cl. The van der Waals surface area contributed by atoms with Crippen LogP contribution in [0.2, 0.25) is 10.0 Å². The van der Waals surface area contributed by atoms with Gasteiger partial charge in [0.25, 0.3) is 5.91 Å². The highest BCUT2D eigenvalue weighted by Gasteiger charge is 2.38. The Morgan fingerprint density at radius 2 is 1.80 bits per heavy atom. The summed E-state index contributed by atoms with van der Waals surface area (Å²) in [5.41, 5.74) is 9.60. The van der Waals surface area contributed by atoms with Crippen molar-refractivity contribution in [2.75, 3.05) is 24.7 Å². The van der Waals surface area contributed by atoms with Crippen molar-refractivity contribution in [1.29, 1.82) is 0 Å². The molecule has 1 N–H and O–H groups in total. The molecular weight excluding hydrogens is 737 g/mol. The minimum absolute atomic E-state index is 0.0997. The topological polar surface area (TPSA) is 104 Å². The van der Waals surface area contributed by atoms with Crippen LogP contribution in [0.15, 0.2) is 48.5 Å². The van der Waals surface area contributed by atoms with E-state index in [9.17, 15) is 9.90 Å². The van der Waals surface area contributed by atoms with Gasteiger partial charge in [0, 0.05) is 65.4 Å². The Kier molecular flexibility index (Phi) is 9.72. The first-order valence-corrected chi connectivity index (χ1v) is 19.7. The summed E-state index contributed by atoms with van der Waals surface area (Å²) in [7, 11) is 1.93. The minimum atomic E-state index is -1.02. The maximum absolute atomic E-state index is 15.3. The highest BCUT2D eigenvalue weighted by molar-refractivity contribution is 6.35. The maximum atomic E-state index is 15.3. The fraction of sp³-hybridized carbons (Fsp3) is 0.372. The van der Waals surface area contributed by atoms with Crippen molar-refractivity contribution >= 4 is 62.6 Å². The van der Waals surface area contributed by atoms with E-state index >= 15 is 4.79 Å². The molecule has 1 fully saturated rings. The van der Waals surface area contributed by atoms with E-state index in [1.807, 2.05) is 91.4 Å². The summed E-state index contributed by atoms with van der Waals surface area (Å²) >= 11 is 13.6. The normalized spacial score (nSPS) is 17.2. The van der Waals surface area contributed by atoms with Crippen LogP contribution in [-0.4, -0.2) is 61.8 Å². The predicted octanol–water partition coefficient (Wildman–Crippen LogP) is 9.65. The second-order valence-electron chi connectivity index (χ2n) is 15.1. The number of carboxylic acid groups (broad SMARTS) is 1. The number of rotatable bonds is 10. The van der Waals surface area contributed by atoms with Crippen molar-refractivity contribution in [1.82, 2.24) is 18.9 Å². The standard InChI is InChI=1S/C43H45Cl2N5O5/c1-23-18-30(19-24(2)38(23)45)55-17-9-12-31-32-14-15-33(44)37(36-26(4)46-47(6)27(36)5)40(32)50-25(3)21-49(42(51)41(31)50)34-13-7-10-28-20-35(43(52)53)48(39(28)34)22-29-11-8-16-54-29/h7,10,13-15,18-20,25,29H,8-9,11-12,16-17,21-22H2,1-6H3,(H,52,53). The van der Waals surface area contributed by atoms with Crippen molar-refractivity contribution in [3.05, 3.63) is 98.0 Å². The molecule has 2 unspecified atom stereocenters. The average Bonchev–Trinajstić information content (AvgIpc) is 3.93. The second-order valence-corrected chi connectivity index (χ2v) is 15.9. The monoisotopic (exact) mass is 781 g/mol. The summed E-state index contributed by atoms with van der Waals surface area (Å²) in [6.45, 7) is 12.0. The number of para-hydroxylation sites is 1. The van der Waals surface area contributed by atoms with E-state index in [4.69, 9.17) is 37.8 Å². The molecule has 8 rings (SSSR count). The molecule has 1 amide bonds. The van der Waals surface area contributed by atoms with Gasteiger partial charge >= 0.3 is 5.97 Å². The molecule has 55 heavy (non-hydrogen) atoms. The van der Waals surface area contributed by atoms with Crippen LogP contribution in [0.3, 0.4) is 0 Å². The first-order chi connectivity index (χ1) is 26.3. The first-order valence-electron chi connectivity index (χ1n) is 18.9. The van der Waals surface area contributed by atoms with Gasteiger partial charge in [0.15, 0.2) is 0 Å². The summed E-state index contributed by atoms with van der Waals surface area (Å²) in [4.78, 5) is 29.7. The number of nitrogens with zero attached hydrogens (tertiary/aromatic N) is 5. The minimum Gasteiger partial charge on any atom is -0.494 e. The third kappa shape index (κ3) is 6.28. The van der Waals surface area contributed by atoms with Gasteiger partial charge in [-0.15, -0.1) is 0 Å². The lowest BCUT2D eigenvalue weighted by Crippen LogP contribution is -2.43. The number of carbonyl (C=O) groups excluding carboxylic acids is 1. The zero-order valence-corrected chi connectivity index (χ0v) is 33.5. The van der Waals surface area contributed by atoms with Crippen LogP contribution in [-0.2, 0) is 24.8 Å². The van der Waals surface area contributed by atoms with Crippen molar-refractivity contribution < 1.29 is 24.2 Å². The molecule has 0 spiro atoms. The van der Waals surface area contributed by atoms with Gasteiger partial charge in [0.1, 0.15) is 17.1 Å². The largest absolute Gasteiger partial charge is 0.494 e. The molecule has 2 aliphatic rings. The number of hydrogen-bond donors (Lipinski definition) is 1. The Balaban J connectivity index is 1.27. The highest BCUT2D eigenvalue weighted by atomic mass is 35.5. The Morgan fingerprint density at radius 1 is 1.04 bits per heavy atom. The van der Waals surface area contributed by atoms with Gasteiger partial charge in [-0.25, -0.2) is 4.79 Å². The third-order valence-corrected chi connectivity index (χ3v) is 12.3. The molecule has 10 nitrogen and oxygen atoms in total. The number of ether oxygens (including phenoxy) is 2. The fourth-order valence-electron chi connectivity index (χ4n) is 8.82. The zero-order chi connectivity index (χ0) is 38.9. The number of aromatic carboxylic acids is 1. The van der Waals surface area contributed by atoms with Crippen molar-refractivity contribution in [2.45, 2.75) is 79.0 Å². The first kappa shape index (κ1) is 37.2. The summed E-state index contributed by atoms with van der Waals surface area (Å²) in [6.07, 6.45) is 2.91. The molecule has 1 saturated heterocycles. The van der Waals surface area contributed by atoms with Crippen LogP contribution in [0, 0.1) is 27.7 Å². The van der Waals surface area contributed by atoms with Crippen LogP contribution in [0.25, 0.3) is 32.9 Å². The lowest BCUT2D eigenvalue weighted by Gasteiger charge is -2.35. The number of fused-ring (bicyclic) bond motifs is 4. The Bertz CT molecular complexity index is 2500. The van der Waals surface area contributed by atoms with Gasteiger partial charge in [0.2, 0.25) is 0 Å². The van der Waals surface area contributed by atoms with Gasteiger partial charge in [0.05, 0.1) is 40.1 Å². The number of anilines is 1. The smallest absolute Gasteiger partial charge is 0.352 e. The lowest BCUT2D eigenvalue weighted by molar-refractivity contribution is 0.0672. The number of amides is 1. The lowest BCUT2D eigenvalue weighted by atomic mass is 9.98. The van der Waals surface area contributed by atoms with E-state index in [0.29, 0.717) is 61.1 Å². The van der Waals surface area contributed by atoms with Gasteiger partial charge in [-0.05, 0) is 107 Å². The van der Waals surface area contributed by atoms with Crippen LogP contribution in [0.4, 0.5) is 5.69 Å². The summed E-state index contributed by atoms with van der Waals surface area (Å²) in [5, 5.41) is 18.1. The van der Waals surface area contributed by atoms with Crippen molar-refractivity contribution in [2.24, 2.45) is 7.05 Å². The molecule has 286 valence electrons. The molecule has 2 aliphatic heterocycles. The van der Waals surface area contributed by atoms with E-state index in [2.05, 4.69) is 11.5 Å². The van der Waals surface area contributed by atoms with Crippen LogP contribution in [0.1, 0.15) is 81.3 Å². The average molecular weight is 783 g/mol. The van der Waals surface area contributed by atoms with E-state index in [1.54, 1.807) is 6.07 Å². The number of carboxylic acids is 1. The third-order valence-electron chi connectivity index (χ3n) is 11.4. The molecule has 2 atom stereocenters. The van der Waals surface area contributed by atoms with Gasteiger partial charge in [-0.3, -0.25) is 9.48 Å². The van der Waals surface area contributed by atoms with E-state index in [0.717, 1.165) is 79.1 Å². The van der Waals surface area contributed by atoms with Crippen LogP contribution in [0.5, 0.6) is 5.75 Å². The molecule has 0 bridgehead atoms. The van der Waals surface area contributed by atoms with E-state index < -0.39 is 5.97 Å². The molecule has 5 heterocycles. The molecule has 3 aromatic heterocycles. The number of hydrogen-bond acceptors (Lipinski definition) is 5. The molecular formula is C43H45Cl2N5O5. The van der Waals surface area contributed by atoms with E-state index in [1.165, 1.54) is 0 Å². The Morgan fingerprint density at radius 3 is 2.47 bits per heavy atom. The maximum Gasteiger partial charge on any atom is 0.352 e. The molecule has 6 aromatic rings. The fourth-order valence-corrected chi connectivity index (χ4v) is 9.17. The van der Waals surface area contributed by atoms with E-state index in [-0.39, 0.29) is 23.7 Å². The quantitative estimate of drug-likeness (QED) is 0.139. The molecule has 0 saturated carbocycles. The predicted molar refractivity (Wildman–Crippen MR) is 218 cm³/mol. The van der Waals surface area contributed by atoms with Gasteiger partial charge < -0.3 is 28.6 Å². The summed E-state index contributed by atoms with van der Waals surface area (Å²) in [6, 6.07) is 15.1. The molecule has 0 aliphatic carbocycles. The van der Waals surface area contributed by atoms with Crippen LogP contribution < -0.4 is 9.64 Å². The molecule has 12 heteroatoms. The highest BCUT2D eigenvalue weighted by Crippen LogP contribution is 2.46. The number of aromatic nitrogens is 4. The second kappa shape index (κ2) is 14.4. The van der Waals surface area contributed by atoms with Gasteiger partial charge in [-0.1, -0.05) is 41.4 Å². The molecule has 0 radical (unpaired) electrons. The van der Waals surface area contributed by atoms with Crippen LogP contribution >= 0.6 is 23.2 Å². The number of benzene rings is 3. The number of carbonyl (C=O) groups is 2. The summed E-state index contributed by atoms with van der Waals surface area (Å²) < 4.78 is 18.1. The Hall–Kier alpha value is -4.77. The van der Waals surface area contributed by atoms with Crippen molar-refractivity contribution in [3.63, 3.8) is 0 Å². The van der Waals surface area contributed by atoms with Crippen molar-refractivity contribution in [3.8, 4) is 16.9 Å². The molecule has 3 aromatic carbocycles. The zero-order valence-electron chi connectivity index (χ0n) is 32.0. The number of aryl methyl sites for hydroxylation is 5. The Labute approximate surface area is 330 Å². The summed E-state index contributed by atoms with van der Waals surface area (Å²) in [5.74, 6) is -0.405. The number of halogens is 2.